The van der Waals surface area contributed by atoms with Gasteiger partial charge in [-0.2, -0.15) is 0 Å². The Balaban J connectivity index is 3.93. The van der Waals surface area contributed by atoms with Gasteiger partial charge in [-0.25, -0.2) is 0 Å². The topological polar surface area (TPSA) is 104 Å². The van der Waals surface area contributed by atoms with Crippen molar-refractivity contribution < 1.29 is 28.3 Å². The van der Waals surface area contributed by atoms with Gasteiger partial charge in [0.15, 0.2) is 5.90 Å². The fraction of sp³-hybridized carbons (Fsp3) is 0.684. The van der Waals surface area contributed by atoms with E-state index in [2.05, 4.69) is 45.9 Å². The summed E-state index contributed by atoms with van der Waals surface area (Å²) in [6.07, 6.45) is 13.2. The Morgan fingerprint density at radius 1 is 0.815 bits per heavy atom. The average Bonchev–Trinajstić information content (AvgIpc) is 2.47. The van der Waals surface area contributed by atoms with Crippen molar-refractivity contribution in [3.05, 3.63) is 34.9 Å². The van der Waals surface area contributed by atoms with E-state index in [1.165, 1.54) is 16.7 Å². The summed E-state index contributed by atoms with van der Waals surface area (Å²) in [5.41, 5.74) is 4.09. The molecule has 0 saturated heterocycles. The van der Waals surface area contributed by atoms with Crippen LogP contribution in [0.4, 0.5) is 0 Å². The van der Waals surface area contributed by atoms with Crippen LogP contribution in [0.25, 0.3) is 0 Å². The lowest BCUT2D eigenvalue weighted by molar-refractivity contribution is 0.255. The lowest BCUT2D eigenvalue weighted by atomic mass is 10.1. The van der Waals surface area contributed by atoms with E-state index in [1.54, 1.807) is 0 Å². The number of hydrogen-bond donors (Lipinski definition) is 3. The van der Waals surface area contributed by atoms with Crippen molar-refractivity contribution >= 4 is 15.2 Å². The summed E-state index contributed by atoms with van der Waals surface area (Å²) in [6, 6.07) is 0. The summed E-state index contributed by atoms with van der Waals surface area (Å²) in [5, 5.41) is 0. The second kappa shape index (κ2) is 13.7. The zero-order valence-corrected chi connectivity index (χ0v) is 18.8. The molecule has 0 aromatic rings. The average molecular weight is 422 g/mol. The summed E-state index contributed by atoms with van der Waals surface area (Å²) in [7, 11) is -8.75. The third-order valence-electron chi connectivity index (χ3n) is 3.87. The van der Waals surface area contributed by atoms with Crippen LogP contribution in [-0.2, 0) is 13.7 Å². The number of hydrogen-bond acceptors (Lipinski definition) is 3. The lowest BCUT2D eigenvalue weighted by Crippen LogP contribution is -1.97. The zero-order chi connectivity index (χ0) is 20.9. The van der Waals surface area contributed by atoms with E-state index in [0.29, 0.717) is 6.42 Å². The molecule has 158 valence electrons. The third kappa shape index (κ3) is 18.6. The van der Waals surface area contributed by atoms with E-state index in [0.717, 1.165) is 38.5 Å². The molecule has 0 radical (unpaired) electrons. The fourth-order valence-corrected chi connectivity index (χ4v) is 5.02. The number of rotatable bonds is 14. The molecule has 8 heteroatoms. The normalized spacial score (nSPS) is 15.5. The Morgan fingerprint density at radius 3 is 1.85 bits per heavy atom. The van der Waals surface area contributed by atoms with Gasteiger partial charge >= 0.3 is 15.2 Å². The molecule has 0 fully saturated rings. The van der Waals surface area contributed by atoms with Crippen LogP contribution in [0, 0.1) is 0 Å². The van der Waals surface area contributed by atoms with Crippen LogP contribution in [0.3, 0.4) is 0 Å². The highest BCUT2D eigenvalue weighted by atomic mass is 31.2. The summed E-state index contributed by atoms with van der Waals surface area (Å²) in [6.45, 7) is 8.53. The quantitative estimate of drug-likeness (QED) is 0.183. The SMILES string of the molecule is CC(C)=CCC/C(C)=C/CC/C(C)=C/CCCCOP(=O)(O)CP(=O)(O)O. The molecule has 0 aliphatic heterocycles. The maximum Gasteiger partial charge on any atom is 0.340 e. The van der Waals surface area contributed by atoms with Gasteiger partial charge in [0.1, 0.15) is 0 Å². The van der Waals surface area contributed by atoms with Gasteiger partial charge in [0.25, 0.3) is 0 Å². The molecule has 0 heterocycles. The van der Waals surface area contributed by atoms with Crippen LogP contribution in [-0.4, -0.2) is 27.2 Å². The van der Waals surface area contributed by atoms with Gasteiger partial charge in [-0.1, -0.05) is 34.9 Å². The van der Waals surface area contributed by atoms with Gasteiger partial charge in [-0.3, -0.25) is 9.13 Å². The fourth-order valence-electron chi connectivity index (χ4n) is 2.41. The molecule has 0 aliphatic carbocycles. The van der Waals surface area contributed by atoms with Gasteiger partial charge < -0.3 is 19.2 Å². The number of allylic oxidation sites excluding steroid dienone is 6. The van der Waals surface area contributed by atoms with Crippen molar-refractivity contribution in [2.75, 3.05) is 12.5 Å². The maximum absolute atomic E-state index is 11.5. The molecule has 27 heavy (non-hydrogen) atoms. The molecular formula is C19H36O6P2. The molecule has 0 amide bonds. The van der Waals surface area contributed by atoms with Crippen molar-refractivity contribution in [1.29, 1.82) is 0 Å². The van der Waals surface area contributed by atoms with Crippen LogP contribution < -0.4 is 0 Å². The van der Waals surface area contributed by atoms with Crippen molar-refractivity contribution in [2.24, 2.45) is 0 Å². The highest BCUT2D eigenvalue weighted by molar-refractivity contribution is 7.70. The van der Waals surface area contributed by atoms with Crippen molar-refractivity contribution in [1.82, 2.24) is 0 Å². The highest BCUT2D eigenvalue weighted by Crippen LogP contribution is 2.55. The van der Waals surface area contributed by atoms with Crippen LogP contribution in [0.2, 0.25) is 0 Å². The largest absolute Gasteiger partial charge is 0.340 e. The van der Waals surface area contributed by atoms with Gasteiger partial charge in [0, 0.05) is 0 Å². The Hall–Kier alpha value is -0.480. The molecule has 0 aromatic carbocycles. The predicted molar refractivity (Wildman–Crippen MR) is 112 cm³/mol. The van der Waals surface area contributed by atoms with E-state index in [1.807, 2.05) is 0 Å². The molecule has 6 nitrogen and oxygen atoms in total. The second-order valence-corrected chi connectivity index (χ2v) is 11.2. The predicted octanol–water partition coefficient (Wildman–Crippen LogP) is 5.91. The third-order valence-corrected chi connectivity index (χ3v) is 7.36. The van der Waals surface area contributed by atoms with Gasteiger partial charge in [0.05, 0.1) is 6.61 Å². The smallest absolute Gasteiger partial charge is 0.324 e. The monoisotopic (exact) mass is 422 g/mol. The van der Waals surface area contributed by atoms with Crippen LogP contribution >= 0.6 is 15.2 Å². The first-order valence-corrected chi connectivity index (χ1v) is 12.9. The summed E-state index contributed by atoms with van der Waals surface area (Å²) >= 11 is 0. The molecule has 0 bridgehead atoms. The summed E-state index contributed by atoms with van der Waals surface area (Å²) in [4.78, 5) is 26.8. The van der Waals surface area contributed by atoms with E-state index in [4.69, 9.17) is 14.3 Å². The minimum Gasteiger partial charge on any atom is -0.324 e. The first kappa shape index (κ1) is 26.5. The summed E-state index contributed by atoms with van der Waals surface area (Å²) < 4.78 is 26.9. The van der Waals surface area contributed by atoms with E-state index in [-0.39, 0.29) is 6.61 Å². The van der Waals surface area contributed by atoms with Crippen LogP contribution in [0.15, 0.2) is 34.9 Å². The van der Waals surface area contributed by atoms with Crippen molar-refractivity contribution in [3.8, 4) is 0 Å². The Kier molecular flexibility index (Phi) is 13.4. The highest BCUT2D eigenvalue weighted by Gasteiger charge is 2.30. The molecule has 0 saturated carbocycles. The van der Waals surface area contributed by atoms with Crippen LogP contribution in [0.1, 0.15) is 72.6 Å². The molecule has 0 aromatic heterocycles. The molecule has 0 aliphatic rings. The van der Waals surface area contributed by atoms with Gasteiger partial charge in [0.2, 0.25) is 0 Å². The maximum atomic E-state index is 11.5. The van der Waals surface area contributed by atoms with Crippen LogP contribution in [0.5, 0.6) is 0 Å². The summed E-state index contributed by atoms with van der Waals surface area (Å²) in [5.74, 6) is -1.12. The molecule has 3 N–H and O–H groups in total. The molecule has 0 rings (SSSR count). The molecule has 1 atom stereocenters. The Morgan fingerprint density at radius 2 is 1.33 bits per heavy atom. The first-order valence-electron chi connectivity index (χ1n) is 9.37. The zero-order valence-electron chi connectivity index (χ0n) is 17.1. The second-order valence-electron chi connectivity index (χ2n) is 7.23. The van der Waals surface area contributed by atoms with Gasteiger partial charge in [-0.15, -0.1) is 0 Å². The van der Waals surface area contributed by atoms with Crippen molar-refractivity contribution in [2.45, 2.75) is 72.6 Å². The minimum atomic E-state index is -4.55. The lowest BCUT2D eigenvalue weighted by Gasteiger charge is -2.12. The van der Waals surface area contributed by atoms with E-state index >= 15 is 0 Å². The number of unbranched alkanes of at least 4 members (excludes halogenated alkanes) is 2. The Labute approximate surface area is 164 Å². The molecular weight excluding hydrogens is 386 g/mol. The molecule has 0 spiro atoms. The molecule has 1 unspecified atom stereocenters. The standard InChI is InChI=1S/C19H36O6P2/c1-17(2)10-8-12-19(4)14-9-13-18(3)11-6-5-7-15-25-27(23,24)16-26(20,21)22/h10-11,14H,5-9,12-13,15-16H2,1-4H3,(H,23,24)(H2,20,21,22)/b18-11+,19-14+. The Bertz CT molecular complexity index is 612. The van der Waals surface area contributed by atoms with E-state index < -0.39 is 21.1 Å². The first-order chi connectivity index (χ1) is 12.4. The van der Waals surface area contributed by atoms with Gasteiger partial charge in [-0.05, 0) is 72.6 Å². The minimum absolute atomic E-state index is 0.0221. The van der Waals surface area contributed by atoms with E-state index in [9.17, 15) is 14.0 Å². The van der Waals surface area contributed by atoms with Crippen molar-refractivity contribution in [3.63, 3.8) is 0 Å².